The number of thiazole rings is 1. The first-order valence-corrected chi connectivity index (χ1v) is 9.58. The SMILES string of the molecule is Cc1ccc(-c2nc(Cc3csc(C)n3)n(C3CCN(C)CC3)n2)o1. The molecule has 0 radical (unpaired) electrons. The summed E-state index contributed by atoms with van der Waals surface area (Å²) in [6.45, 7) is 6.16. The van der Waals surface area contributed by atoms with E-state index < -0.39 is 0 Å². The number of hydrogen-bond donors (Lipinski definition) is 0. The van der Waals surface area contributed by atoms with Gasteiger partial charge in [-0.25, -0.2) is 14.6 Å². The van der Waals surface area contributed by atoms with Crippen molar-refractivity contribution in [3.63, 3.8) is 0 Å². The minimum absolute atomic E-state index is 0.392. The molecule has 3 aromatic heterocycles. The summed E-state index contributed by atoms with van der Waals surface area (Å²) in [6.07, 6.45) is 2.91. The van der Waals surface area contributed by atoms with E-state index in [1.165, 1.54) is 0 Å². The Labute approximate surface area is 151 Å². The summed E-state index contributed by atoms with van der Waals surface area (Å²) in [4.78, 5) is 11.8. The van der Waals surface area contributed by atoms with Crippen LogP contribution in [-0.4, -0.2) is 44.8 Å². The topological polar surface area (TPSA) is 60.0 Å². The molecule has 4 rings (SSSR count). The largest absolute Gasteiger partial charge is 0.458 e. The number of furan rings is 1. The summed E-state index contributed by atoms with van der Waals surface area (Å²) in [5, 5.41) is 8.01. The fourth-order valence-corrected chi connectivity index (χ4v) is 3.93. The van der Waals surface area contributed by atoms with Crippen LogP contribution in [0.5, 0.6) is 0 Å². The highest BCUT2D eigenvalue weighted by Crippen LogP contribution is 2.27. The fourth-order valence-electron chi connectivity index (χ4n) is 3.32. The second kappa shape index (κ2) is 6.72. The van der Waals surface area contributed by atoms with Crippen LogP contribution in [-0.2, 0) is 6.42 Å². The molecular formula is C18H23N5OS. The van der Waals surface area contributed by atoms with Crippen LogP contribution >= 0.6 is 11.3 Å². The maximum Gasteiger partial charge on any atom is 0.217 e. The van der Waals surface area contributed by atoms with Gasteiger partial charge in [-0.3, -0.25) is 0 Å². The molecule has 6 nitrogen and oxygen atoms in total. The highest BCUT2D eigenvalue weighted by molar-refractivity contribution is 7.09. The first kappa shape index (κ1) is 16.5. The van der Waals surface area contributed by atoms with Crippen LogP contribution in [0, 0.1) is 13.8 Å². The van der Waals surface area contributed by atoms with E-state index in [2.05, 4.69) is 27.0 Å². The Morgan fingerprint density at radius 1 is 1.20 bits per heavy atom. The van der Waals surface area contributed by atoms with E-state index in [0.29, 0.717) is 18.3 Å². The number of aryl methyl sites for hydroxylation is 2. The molecule has 1 aliphatic heterocycles. The molecule has 0 atom stereocenters. The number of rotatable bonds is 4. The molecule has 0 unspecified atom stereocenters. The highest BCUT2D eigenvalue weighted by atomic mass is 32.1. The zero-order valence-electron chi connectivity index (χ0n) is 14.9. The lowest BCUT2D eigenvalue weighted by atomic mass is 10.1. The average Bonchev–Trinajstić information content (AvgIpc) is 3.29. The Morgan fingerprint density at radius 2 is 2.00 bits per heavy atom. The maximum atomic E-state index is 5.74. The third-order valence-corrected chi connectivity index (χ3v) is 5.52. The molecule has 0 aliphatic carbocycles. The number of piperidine rings is 1. The molecule has 1 saturated heterocycles. The van der Waals surface area contributed by atoms with Crippen molar-refractivity contribution in [2.75, 3.05) is 20.1 Å². The van der Waals surface area contributed by atoms with Crippen LogP contribution < -0.4 is 0 Å². The summed E-state index contributed by atoms with van der Waals surface area (Å²) < 4.78 is 7.86. The zero-order chi connectivity index (χ0) is 17.4. The van der Waals surface area contributed by atoms with E-state index >= 15 is 0 Å². The Bertz CT molecular complexity index is 857. The Balaban J connectivity index is 1.67. The van der Waals surface area contributed by atoms with Crippen molar-refractivity contribution >= 4 is 11.3 Å². The van der Waals surface area contributed by atoms with E-state index in [1.807, 2.05) is 26.0 Å². The molecule has 0 bridgehead atoms. The fraction of sp³-hybridized carbons (Fsp3) is 0.500. The molecule has 0 aromatic carbocycles. The number of likely N-dealkylation sites (tertiary alicyclic amines) is 1. The van der Waals surface area contributed by atoms with Crippen molar-refractivity contribution in [3.8, 4) is 11.6 Å². The Morgan fingerprint density at radius 3 is 2.64 bits per heavy atom. The van der Waals surface area contributed by atoms with Gasteiger partial charge < -0.3 is 9.32 Å². The predicted octanol–water partition coefficient (Wildman–Crippen LogP) is 3.47. The summed E-state index contributed by atoms with van der Waals surface area (Å²) in [5.74, 6) is 3.26. The van der Waals surface area contributed by atoms with Crippen molar-refractivity contribution in [3.05, 3.63) is 39.8 Å². The van der Waals surface area contributed by atoms with Gasteiger partial charge in [0.05, 0.1) is 23.2 Å². The zero-order valence-corrected chi connectivity index (χ0v) is 15.7. The highest BCUT2D eigenvalue weighted by Gasteiger charge is 2.24. The Kier molecular flexibility index (Phi) is 4.43. The van der Waals surface area contributed by atoms with E-state index in [0.717, 1.165) is 54.0 Å². The molecule has 0 N–H and O–H groups in total. The quantitative estimate of drug-likeness (QED) is 0.715. The van der Waals surface area contributed by atoms with E-state index in [1.54, 1.807) is 11.3 Å². The molecule has 3 aromatic rings. The number of nitrogens with zero attached hydrogens (tertiary/aromatic N) is 5. The standard InChI is InChI=1S/C18H23N5OS/c1-12-4-5-16(24-12)18-20-17(10-14-11-25-13(2)19-14)23(21-18)15-6-8-22(3)9-7-15/h4-5,11,15H,6-10H2,1-3H3. The molecule has 25 heavy (non-hydrogen) atoms. The van der Waals surface area contributed by atoms with E-state index in [-0.39, 0.29) is 0 Å². The lowest BCUT2D eigenvalue weighted by Gasteiger charge is -2.29. The molecule has 0 saturated carbocycles. The van der Waals surface area contributed by atoms with Crippen LogP contribution in [0.2, 0.25) is 0 Å². The predicted molar refractivity (Wildman–Crippen MR) is 97.9 cm³/mol. The van der Waals surface area contributed by atoms with Gasteiger partial charge in [-0.1, -0.05) is 0 Å². The lowest BCUT2D eigenvalue weighted by molar-refractivity contribution is 0.210. The summed E-state index contributed by atoms with van der Waals surface area (Å²) in [6, 6.07) is 4.29. The van der Waals surface area contributed by atoms with Crippen LogP contribution in [0.1, 0.15) is 41.2 Å². The molecule has 7 heteroatoms. The average molecular weight is 357 g/mol. The second-order valence-corrected chi connectivity index (χ2v) is 7.84. The lowest BCUT2D eigenvalue weighted by Crippen LogP contribution is -2.32. The van der Waals surface area contributed by atoms with Gasteiger partial charge >= 0.3 is 0 Å². The van der Waals surface area contributed by atoms with Crippen LogP contribution in [0.15, 0.2) is 21.9 Å². The Hall–Kier alpha value is -1.99. The normalized spacial score (nSPS) is 16.6. The first-order valence-electron chi connectivity index (χ1n) is 8.70. The maximum absolute atomic E-state index is 5.74. The third-order valence-electron chi connectivity index (χ3n) is 4.70. The molecule has 1 fully saturated rings. The van der Waals surface area contributed by atoms with Crippen molar-refractivity contribution < 1.29 is 4.42 Å². The number of aromatic nitrogens is 4. The molecule has 132 valence electrons. The minimum Gasteiger partial charge on any atom is -0.458 e. The molecule has 4 heterocycles. The monoisotopic (exact) mass is 357 g/mol. The first-order chi connectivity index (χ1) is 12.1. The minimum atomic E-state index is 0.392. The van der Waals surface area contributed by atoms with Gasteiger partial charge in [0.2, 0.25) is 5.82 Å². The van der Waals surface area contributed by atoms with Gasteiger partial charge in [-0.05, 0) is 59.0 Å². The van der Waals surface area contributed by atoms with Crippen LogP contribution in [0.3, 0.4) is 0 Å². The van der Waals surface area contributed by atoms with Crippen molar-refractivity contribution in [1.29, 1.82) is 0 Å². The van der Waals surface area contributed by atoms with Crippen molar-refractivity contribution in [2.24, 2.45) is 0 Å². The van der Waals surface area contributed by atoms with E-state index in [9.17, 15) is 0 Å². The summed E-state index contributed by atoms with van der Waals surface area (Å²) in [5.41, 5.74) is 1.06. The van der Waals surface area contributed by atoms with Gasteiger partial charge in [0.15, 0.2) is 5.76 Å². The van der Waals surface area contributed by atoms with Crippen molar-refractivity contribution in [1.82, 2.24) is 24.6 Å². The van der Waals surface area contributed by atoms with Gasteiger partial charge in [-0.2, -0.15) is 0 Å². The third kappa shape index (κ3) is 3.52. The number of hydrogen-bond acceptors (Lipinski definition) is 6. The summed E-state index contributed by atoms with van der Waals surface area (Å²) >= 11 is 1.68. The van der Waals surface area contributed by atoms with Crippen LogP contribution in [0.4, 0.5) is 0 Å². The van der Waals surface area contributed by atoms with E-state index in [4.69, 9.17) is 14.5 Å². The molecule has 1 aliphatic rings. The second-order valence-electron chi connectivity index (χ2n) is 6.78. The van der Waals surface area contributed by atoms with Gasteiger partial charge in [0, 0.05) is 5.38 Å². The molecule has 0 spiro atoms. The van der Waals surface area contributed by atoms with Gasteiger partial charge in [-0.15, -0.1) is 16.4 Å². The smallest absolute Gasteiger partial charge is 0.217 e. The van der Waals surface area contributed by atoms with Gasteiger partial charge in [0.1, 0.15) is 11.6 Å². The van der Waals surface area contributed by atoms with Gasteiger partial charge in [0.25, 0.3) is 0 Å². The van der Waals surface area contributed by atoms with Crippen LogP contribution in [0.25, 0.3) is 11.6 Å². The molecule has 0 amide bonds. The van der Waals surface area contributed by atoms with Crippen molar-refractivity contribution in [2.45, 2.75) is 39.2 Å². The molecular weight excluding hydrogens is 334 g/mol. The summed E-state index contributed by atoms with van der Waals surface area (Å²) in [7, 11) is 2.17.